The topological polar surface area (TPSA) is 80.7 Å². The first-order valence-electron chi connectivity index (χ1n) is 5.27. The zero-order valence-corrected chi connectivity index (χ0v) is 12.1. The molecule has 104 valence electrons. The smallest absolute Gasteiger partial charge is 0.219 e. The average Bonchev–Trinajstić information content (AvgIpc) is 2.44. The molecule has 0 aliphatic rings. The Morgan fingerprint density at radius 1 is 1.15 bits per heavy atom. The summed E-state index contributed by atoms with van der Waals surface area (Å²) < 4.78 is 5.48. The summed E-state index contributed by atoms with van der Waals surface area (Å²) in [6, 6.07) is 6.10. The van der Waals surface area contributed by atoms with Crippen molar-refractivity contribution < 1.29 is 9.94 Å². The van der Waals surface area contributed by atoms with Crippen LogP contribution in [-0.2, 0) is 0 Å². The summed E-state index contributed by atoms with van der Waals surface area (Å²) in [5.41, 5.74) is 5.88. The standard InChI is InChI=1S/C12H8Cl3N3O2/c13-7-3-9(15)10(4-8(7)14)20-11-2-1-6(5-17-11)12(16)18-19/h1-5,19H,(H2,16,18). The second-order valence-electron chi connectivity index (χ2n) is 3.67. The van der Waals surface area contributed by atoms with Crippen molar-refractivity contribution in [1.29, 1.82) is 0 Å². The monoisotopic (exact) mass is 331 g/mol. The van der Waals surface area contributed by atoms with Crippen LogP contribution in [0.25, 0.3) is 0 Å². The Kier molecular flexibility index (Phi) is 4.54. The van der Waals surface area contributed by atoms with Gasteiger partial charge in [0.15, 0.2) is 5.84 Å². The maximum atomic E-state index is 8.54. The number of nitrogens with two attached hydrogens (primary N) is 1. The normalized spacial score (nSPS) is 11.4. The number of benzene rings is 1. The molecule has 0 aliphatic heterocycles. The molecule has 1 heterocycles. The van der Waals surface area contributed by atoms with Gasteiger partial charge in [-0.15, -0.1) is 0 Å². The third kappa shape index (κ3) is 3.25. The molecule has 5 nitrogen and oxygen atoms in total. The number of rotatable bonds is 3. The number of pyridine rings is 1. The SMILES string of the molecule is N/C(=N\O)c1ccc(Oc2cc(Cl)c(Cl)cc2Cl)nc1. The minimum absolute atomic E-state index is 0.0448. The zero-order valence-electron chi connectivity index (χ0n) is 9.85. The minimum Gasteiger partial charge on any atom is -0.437 e. The van der Waals surface area contributed by atoms with Crippen LogP contribution in [0.15, 0.2) is 35.6 Å². The minimum atomic E-state index is -0.0448. The van der Waals surface area contributed by atoms with Crippen molar-refractivity contribution in [2.75, 3.05) is 0 Å². The van der Waals surface area contributed by atoms with Crippen molar-refractivity contribution in [3.05, 3.63) is 51.1 Å². The van der Waals surface area contributed by atoms with E-state index in [4.69, 9.17) is 50.5 Å². The number of amidine groups is 1. The molecule has 2 aromatic rings. The second-order valence-corrected chi connectivity index (χ2v) is 4.89. The van der Waals surface area contributed by atoms with Gasteiger partial charge in [0, 0.05) is 23.9 Å². The number of hydrogen-bond acceptors (Lipinski definition) is 4. The van der Waals surface area contributed by atoms with E-state index in [9.17, 15) is 0 Å². The van der Waals surface area contributed by atoms with Crippen molar-refractivity contribution in [1.82, 2.24) is 4.98 Å². The number of nitrogens with zero attached hydrogens (tertiary/aromatic N) is 2. The molecule has 1 aromatic carbocycles. The molecule has 0 fully saturated rings. The maximum Gasteiger partial charge on any atom is 0.219 e. The van der Waals surface area contributed by atoms with E-state index in [0.29, 0.717) is 26.4 Å². The van der Waals surface area contributed by atoms with Crippen molar-refractivity contribution in [3.63, 3.8) is 0 Å². The van der Waals surface area contributed by atoms with Crippen LogP contribution in [0.4, 0.5) is 0 Å². The number of ether oxygens (including phenoxy) is 1. The van der Waals surface area contributed by atoms with Crippen molar-refractivity contribution in [3.8, 4) is 11.6 Å². The first-order chi connectivity index (χ1) is 9.51. The van der Waals surface area contributed by atoms with E-state index in [1.54, 1.807) is 12.1 Å². The molecule has 0 saturated carbocycles. The summed E-state index contributed by atoms with van der Waals surface area (Å²) in [5, 5.41) is 12.4. The molecule has 1 aromatic heterocycles. The zero-order chi connectivity index (χ0) is 14.7. The van der Waals surface area contributed by atoms with Crippen LogP contribution >= 0.6 is 34.8 Å². The summed E-state index contributed by atoms with van der Waals surface area (Å²) in [4.78, 5) is 4.01. The van der Waals surface area contributed by atoms with Crippen LogP contribution in [0.2, 0.25) is 15.1 Å². The third-order valence-corrected chi connectivity index (χ3v) is 3.35. The van der Waals surface area contributed by atoms with Crippen LogP contribution in [0.5, 0.6) is 11.6 Å². The number of halogens is 3. The summed E-state index contributed by atoms with van der Waals surface area (Å²) in [5.74, 6) is 0.557. The fraction of sp³-hybridized carbons (Fsp3) is 0. The van der Waals surface area contributed by atoms with E-state index in [2.05, 4.69) is 10.1 Å². The molecule has 3 N–H and O–H groups in total. The van der Waals surface area contributed by atoms with Gasteiger partial charge < -0.3 is 15.7 Å². The number of aromatic nitrogens is 1. The maximum absolute atomic E-state index is 8.54. The van der Waals surface area contributed by atoms with E-state index in [1.807, 2.05) is 0 Å². The van der Waals surface area contributed by atoms with Crippen LogP contribution in [-0.4, -0.2) is 16.0 Å². The molecular weight excluding hydrogens is 325 g/mol. The molecule has 20 heavy (non-hydrogen) atoms. The van der Waals surface area contributed by atoms with Crippen molar-refractivity contribution in [2.24, 2.45) is 10.9 Å². The Labute approximate surface area is 129 Å². The lowest BCUT2D eigenvalue weighted by Crippen LogP contribution is -2.13. The number of oxime groups is 1. The van der Waals surface area contributed by atoms with E-state index in [1.165, 1.54) is 18.3 Å². The Balaban J connectivity index is 2.24. The predicted molar refractivity (Wildman–Crippen MR) is 78.3 cm³/mol. The second kappa shape index (κ2) is 6.17. The fourth-order valence-corrected chi connectivity index (χ4v) is 1.92. The molecule has 2 rings (SSSR count). The molecule has 0 bridgehead atoms. The summed E-state index contributed by atoms with van der Waals surface area (Å²) in [6.07, 6.45) is 1.40. The first kappa shape index (κ1) is 14.7. The van der Waals surface area contributed by atoms with E-state index >= 15 is 0 Å². The first-order valence-corrected chi connectivity index (χ1v) is 6.41. The van der Waals surface area contributed by atoms with E-state index in [-0.39, 0.29) is 11.7 Å². The van der Waals surface area contributed by atoms with Gasteiger partial charge in [-0.05, 0) is 12.1 Å². The Bertz CT molecular complexity index is 660. The molecular formula is C12H8Cl3N3O2. The lowest BCUT2D eigenvalue weighted by molar-refractivity contribution is 0.318. The molecule has 0 unspecified atom stereocenters. The highest BCUT2D eigenvalue weighted by atomic mass is 35.5. The van der Waals surface area contributed by atoms with Gasteiger partial charge in [0.2, 0.25) is 5.88 Å². The van der Waals surface area contributed by atoms with Gasteiger partial charge in [-0.3, -0.25) is 0 Å². The molecule has 0 saturated heterocycles. The van der Waals surface area contributed by atoms with Crippen molar-refractivity contribution in [2.45, 2.75) is 0 Å². The molecule has 0 aliphatic carbocycles. The summed E-state index contributed by atoms with van der Waals surface area (Å²) in [7, 11) is 0. The predicted octanol–water partition coefficient (Wildman–Crippen LogP) is 3.93. The third-order valence-electron chi connectivity index (χ3n) is 2.33. The van der Waals surface area contributed by atoms with Crippen LogP contribution < -0.4 is 10.5 Å². The van der Waals surface area contributed by atoms with Crippen LogP contribution in [0, 0.1) is 0 Å². The highest BCUT2D eigenvalue weighted by Gasteiger charge is 2.09. The lowest BCUT2D eigenvalue weighted by Gasteiger charge is -2.08. The summed E-state index contributed by atoms with van der Waals surface area (Å²) in [6.45, 7) is 0. The van der Waals surface area contributed by atoms with Gasteiger partial charge in [-0.2, -0.15) is 0 Å². The summed E-state index contributed by atoms with van der Waals surface area (Å²) >= 11 is 17.7. The van der Waals surface area contributed by atoms with Crippen LogP contribution in [0.3, 0.4) is 0 Å². The Morgan fingerprint density at radius 2 is 1.85 bits per heavy atom. The highest BCUT2D eigenvalue weighted by molar-refractivity contribution is 6.43. The van der Waals surface area contributed by atoms with Gasteiger partial charge in [-0.25, -0.2) is 4.98 Å². The largest absolute Gasteiger partial charge is 0.437 e. The molecule has 0 amide bonds. The molecule has 8 heteroatoms. The number of hydrogen-bond donors (Lipinski definition) is 2. The molecule has 0 atom stereocenters. The lowest BCUT2D eigenvalue weighted by atomic mass is 10.3. The fourth-order valence-electron chi connectivity index (χ4n) is 1.35. The highest BCUT2D eigenvalue weighted by Crippen LogP contribution is 2.35. The Morgan fingerprint density at radius 3 is 2.45 bits per heavy atom. The van der Waals surface area contributed by atoms with E-state index < -0.39 is 0 Å². The van der Waals surface area contributed by atoms with Crippen molar-refractivity contribution >= 4 is 40.6 Å². The van der Waals surface area contributed by atoms with Crippen LogP contribution in [0.1, 0.15) is 5.56 Å². The molecule has 0 radical (unpaired) electrons. The van der Waals surface area contributed by atoms with Gasteiger partial charge in [-0.1, -0.05) is 40.0 Å². The average molecular weight is 333 g/mol. The van der Waals surface area contributed by atoms with E-state index in [0.717, 1.165) is 0 Å². The van der Waals surface area contributed by atoms with Gasteiger partial charge in [0.05, 0.1) is 15.1 Å². The van der Waals surface area contributed by atoms with Gasteiger partial charge in [0.1, 0.15) is 5.75 Å². The quantitative estimate of drug-likeness (QED) is 0.293. The van der Waals surface area contributed by atoms with Gasteiger partial charge in [0.25, 0.3) is 0 Å². The van der Waals surface area contributed by atoms with Gasteiger partial charge >= 0.3 is 0 Å². The Hall–Kier alpha value is -1.69. The molecule has 0 spiro atoms.